The first-order chi connectivity index (χ1) is 9.54. The Kier molecular flexibility index (Phi) is 3.29. The van der Waals surface area contributed by atoms with Crippen LogP contribution in [0.4, 0.5) is 0 Å². The minimum Gasteiger partial charge on any atom is -0.292 e. The molecule has 0 radical (unpaired) electrons. The fourth-order valence-electron chi connectivity index (χ4n) is 2.92. The third-order valence-corrected chi connectivity index (χ3v) is 5.19. The first kappa shape index (κ1) is 13.6. The van der Waals surface area contributed by atoms with Crippen LogP contribution in [0.5, 0.6) is 0 Å². The van der Waals surface area contributed by atoms with Crippen molar-refractivity contribution in [1.82, 2.24) is 0 Å². The van der Waals surface area contributed by atoms with E-state index in [0.717, 1.165) is 29.5 Å². The van der Waals surface area contributed by atoms with Gasteiger partial charge in [0.15, 0.2) is 5.78 Å². The molecule has 0 amide bonds. The van der Waals surface area contributed by atoms with E-state index in [1.165, 1.54) is 11.1 Å². The van der Waals surface area contributed by atoms with E-state index in [9.17, 15) is 4.79 Å². The van der Waals surface area contributed by atoms with Crippen LogP contribution in [0.2, 0.25) is 0 Å². The third-order valence-electron chi connectivity index (χ3n) is 4.09. The predicted molar refractivity (Wildman–Crippen MR) is 85.6 cm³/mol. The zero-order valence-electron chi connectivity index (χ0n) is 11.7. The van der Waals surface area contributed by atoms with Gasteiger partial charge in [-0.05, 0) is 36.5 Å². The quantitative estimate of drug-likeness (QED) is 0.737. The van der Waals surface area contributed by atoms with E-state index in [1.54, 1.807) is 0 Å². The molecule has 2 aromatic rings. The number of Topliss-reactive ketones (excluding diaryl/α,β-unsaturated/α-hetero) is 1. The van der Waals surface area contributed by atoms with E-state index >= 15 is 0 Å². The van der Waals surface area contributed by atoms with Crippen LogP contribution in [0.15, 0.2) is 42.5 Å². The molecule has 0 aliphatic heterocycles. The van der Waals surface area contributed by atoms with Gasteiger partial charge in [0.1, 0.15) is 4.32 Å². The molecular formula is C18H17BrO. The molecule has 0 bridgehead atoms. The molecule has 1 aliphatic carbocycles. The summed E-state index contributed by atoms with van der Waals surface area (Å²) in [7, 11) is 0. The highest BCUT2D eigenvalue weighted by Gasteiger charge is 2.44. The third kappa shape index (κ3) is 2.03. The summed E-state index contributed by atoms with van der Waals surface area (Å²) in [5, 5.41) is 0. The van der Waals surface area contributed by atoms with Crippen molar-refractivity contribution in [3.8, 4) is 0 Å². The SMILES string of the molecule is CCc1cccc(C2(Br)Cc3cc(C)ccc3C2=O)c1. The van der Waals surface area contributed by atoms with Gasteiger partial charge in [-0.1, -0.05) is 70.9 Å². The Balaban J connectivity index is 2.08. The Labute approximate surface area is 128 Å². The number of aryl methyl sites for hydroxylation is 2. The molecule has 0 N–H and O–H groups in total. The molecule has 0 aromatic heterocycles. The lowest BCUT2D eigenvalue weighted by molar-refractivity contribution is 0.0960. The Morgan fingerprint density at radius 2 is 2.00 bits per heavy atom. The van der Waals surface area contributed by atoms with Crippen LogP contribution in [0.3, 0.4) is 0 Å². The van der Waals surface area contributed by atoms with Gasteiger partial charge in [-0.15, -0.1) is 0 Å². The van der Waals surface area contributed by atoms with E-state index in [2.05, 4.69) is 48.0 Å². The molecule has 2 heteroatoms. The molecule has 0 saturated carbocycles. The second-order valence-corrected chi connectivity index (χ2v) is 6.88. The van der Waals surface area contributed by atoms with Crippen LogP contribution in [-0.4, -0.2) is 5.78 Å². The topological polar surface area (TPSA) is 17.1 Å². The smallest absolute Gasteiger partial charge is 0.184 e. The molecule has 0 spiro atoms. The molecule has 0 fully saturated rings. The maximum Gasteiger partial charge on any atom is 0.184 e. The maximum atomic E-state index is 12.8. The number of hydrogen-bond acceptors (Lipinski definition) is 1. The fourth-order valence-corrected chi connectivity index (χ4v) is 3.68. The van der Waals surface area contributed by atoms with E-state index in [0.29, 0.717) is 0 Å². The number of ketones is 1. The van der Waals surface area contributed by atoms with Crippen molar-refractivity contribution < 1.29 is 4.79 Å². The van der Waals surface area contributed by atoms with Crippen molar-refractivity contribution >= 4 is 21.7 Å². The van der Waals surface area contributed by atoms with Crippen LogP contribution in [0.25, 0.3) is 0 Å². The molecule has 102 valence electrons. The van der Waals surface area contributed by atoms with Gasteiger partial charge in [-0.3, -0.25) is 4.79 Å². The minimum atomic E-state index is -0.589. The van der Waals surface area contributed by atoms with Crippen molar-refractivity contribution in [2.75, 3.05) is 0 Å². The number of rotatable bonds is 2. The van der Waals surface area contributed by atoms with Crippen LogP contribution in [0, 0.1) is 6.92 Å². The van der Waals surface area contributed by atoms with E-state index in [-0.39, 0.29) is 5.78 Å². The number of carbonyl (C=O) groups excluding carboxylic acids is 1. The number of halogens is 1. The highest BCUT2D eigenvalue weighted by atomic mass is 79.9. The van der Waals surface area contributed by atoms with Crippen molar-refractivity contribution in [1.29, 1.82) is 0 Å². The Hall–Kier alpha value is -1.41. The average molecular weight is 329 g/mol. The Morgan fingerprint density at radius 3 is 2.75 bits per heavy atom. The average Bonchev–Trinajstić information content (AvgIpc) is 2.71. The largest absolute Gasteiger partial charge is 0.292 e. The van der Waals surface area contributed by atoms with E-state index in [4.69, 9.17) is 0 Å². The molecular weight excluding hydrogens is 312 g/mol. The minimum absolute atomic E-state index is 0.181. The first-order valence-electron chi connectivity index (χ1n) is 6.97. The fraction of sp³-hybridized carbons (Fsp3) is 0.278. The number of benzene rings is 2. The first-order valence-corrected chi connectivity index (χ1v) is 7.76. The van der Waals surface area contributed by atoms with Gasteiger partial charge in [0.05, 0.1) is 0 Å². The molecule has 3 rings (SSSR count). The van der Waals surface area contributed by atoms with Crippen molar-refractivity contribution in [3.05, 3.63) is 70.3 Å². The summed E-state index contributed by atoms with van der Waals surface area (Å²) < 4.78 is -0.589. The number of fused-ring (bicyclic) bond motifs is 1. The summed E-state index contributed by atoms with van der Waals surface area (Å²) >= 11 is 3.74. The highest BCUT2D eigenvalue weighted by Crippen LogP contribution is 2.44. The van der Waals surface area contributed by atoms with Gasteiger partial charge in [0, 0.05) is 5.56 Å². The predicted octanol–water partition coefficient (Wildman–Crippen LogP) is 4.59. The van der Waals surface area contributed by atoms with Gasteiger partial charge in [0.25, 0.3) is 0 Å². The van der Waals surface area contributed by atoms with E-state index in [1.807, 2.05) is 24.3 Å². The summed E-state index contributed by atoms with van der Waals surface area (Å²) in [6.07, 6.45) is 1.72. The Bertz CT molecular complexity index is 690. The van der Waals surface area contributed by atoms with Gasteiger partial charge in [-0.2, -0.15) is 0 Å². The molecule has 1 aliphatic rings. The molecule has 1 unspecified atom stereocenters. The lowest BCUT2D eigenvalue weighted by atomic mass is 9.93. The van der Waals surface area contributed by atoms with Crippen LogP contribution in [-0.2, 0) is 17.2 Å². The second-order valence-electron chi connectivity index (χ2n) is 5.52. The summed E-state index contributed by atoms with van der Waals surface area (Å²) in [6, 6.07) is 14.4. The lowest BCUT2D eigenvalue weighted by Crippen LogP contribution is -2.25. The number of carbonyl (C=O) groups is 1. The summed E-state index contributed by atoms with van der Waals surface area (Å²) in [5.74, 6) is 0.181. The van der Waals surface area contributed by atoms with Crippen molar-refractivity contribution in [2.24, 2.45) is 0 Å². The lowest BCUT2D eigenvalue weighted by Gasteiger charge is -2.21. The van der Waals surface area contributed by atoms with Crippen LogP contribution >= 0.6 is 15.9 Å². The Morgan fingerprint density at radius 1 is 1.20 bits per heavy atom. The van der Waals surface area contributed by atoms with Crippen LogP contribution < -0.4 is 0 Å². The normalized spacial score (nSPS) is 21.1. The number of hydrogen-bond donors (Lipinski definition) is 0. The molecule has 1 atom stereocenters. The van der Waals surface area contributed by atoms with Gasteiger partial charge < -0.3 is 0 Å². The van der Waals surface area contributed by atoms with E-state index < -0.39 is 4.32 Å². The standard InChI is InChI=1S/C18H17BrO/c1-3-13-5-4-6-15(10-13)18(19)11-14-9-12(2)7-8-16(14)17(18)20/h4-10H,3,11H2,1-2H3. The molecule has 2 aromatic carbocycles. The summed E-state index contributed by atoms with van der Waals surface area (Å²) in [5.41, 5.74) is 5.54. The maximum absolute atomic E-state index is 12.8. The summed E-state index contributed by atoms with van der Waals surface area (Å²) in [4.78, 5) is 12.8. The zero-order valence-corrected chi connectivity index (χ0v) is 13.3. The molecule has 0 heterocycles. The van der Waals surface area contributed by atoms with Gasteiger partial charge >= 0.3 is 0 Å². The van der Waals surface area contributed by atoms with Crippen LogP contribution in [0.1, 0.15) is 39.5 Å². The molecule has 20 heavy (non-hydrogen) atoms. The van der Waals surface area contributed by atoms with Crippen molar-refractivity contribution in [3.63, 3.8) is 0 Å². The van der Waals surface area contributed by atoms with Gasteiger partial charge in [0.2, 0.25) is 0 Å². The monoisotopic (exact) mass is 328 g/mol. The van der Waals surface area contributed by atoms with Gasteiger partial charge in [-0.25, -0.2) is 0 Å². The molecule has 0 saturated heterocycles. The zero-order chi connectivity index (χ0) is 14.3. The number of alkyl halides is 1. The highest BCUT2D eigenvalue weighted by molar-refractivity contribution is 9.10. The van der Waals surface area contributed by atoms with Crippen molar-refractivity contribution in [2.45, 2.75) is 31.0 Å². The molecule has 1 nitrogen and oxygen atoms in total. The summed E-state index contributed by atoms with van der Waals surface area (Å²) in [6.45, 7) is 4.20. The second kappa shape index (κ2) is 4.85.